The monoisotopic (exact) mass is 288 g/mol. The van der Waals surface area contributed by atoms with Crippen molar-refractivity contribution in [2.45, 2.75) is 26.1 Å². The molecule has 0 spiro atoms. The third kappa shape index (κ3) is 4.41. The normalized spacial score (nSPS) is 11.0. The third-order valence-corrected chi connectivity index (χ3v) is 2.23. The van der Waals surface area contributed by atoms with Gasteiger partial charge in [-0.05, 0) is 44.3 Å². The predicted octanol–water partition coefficient (Wildman–Crippen LogP) is 3.70. The molecule has 0 atom stereocenters. The number of hydrogen-bond donors (Lipinski definition) is 1. The Kier molecular flexibility index (Phi) is 4.72. The molecule has 0 heterocycles. The Hall–Kier alpha value is -1.81. The number of hydrogen-bond acceptors (Lipinski definition) is 3. The highest BCUT2D eigenvalue weighted by Crippen LogP contribution is 2.33. The van der Waals surface area contributed by atoms with Crippen molar-refractivity contribution in [2.75, 3.05) is 5.32 Å². The first-order chi connectivity index (χ1) is 8.74. The van der Waals surface area contributed by atoms with Crippen LogP contribution >= 0.6 is 12.2 Å². The van der Waals surface area contributed by atoms with E-state index in [1.165, 1.54) is 12.1 Å². The predicted molar refractivity (Wildman–Crippen MR) is 68.6 cm³/mol. The number of nitrogens with zero attached hydrogens (tertiary/aromatic N) is 1. The van der Waals surface area contributed by atoms with Crippen LogP contribution in [0.15, 0.2) is 18.2 Å². The van der Waals surface area contributed by atoms with E-state index in [9.17, 15) is 13.2 Å². The average Bonchev–Trinajstić information content (AvgIpc) is 2.26. The number of alkyl halides is 3. The van der Waals surface area contributed by atoms with E-state index >= 15 is 0 Å². The number of nitriles is 1. The van der Waals surface area contributed by atoms with Gasteiger partial charge < -0.3 is 10.1 Å². The van der Waals surface area contributed by atoms with Gasteiger partial charge in [0.15, 0.2) is 0 Å². The smallest absolute Gasteiger partial charge is 0.417 e. The minimum atomic E-state index is -4.59. The topological polar surface area (TPSA) is 45.0 Å². The van der Waals surface area contributed by atoms with Gasteiger partial charge in [-0.3, -0.25) is 0 Å². The van der Waals surface area contributed by atoms with E-state index in [-0.39, 0.29) is 17.0 Å². The fourth-order valence-electron chi connectivity index (χ4n) is 1.32. The van der Waals surface area contributed by atoms with Crippen molar-refractivity contribution < 1.29 is 17.9 Å². The van der Waals surface area contributed by atoms with Crippen molar-refractivity contribution in [1.82, 2.24) is 0 Å². The molecule has 102 valence electrons. The maximum Gasteiger partial charge on any atom is 0.417 e. The lowest BCUT2D eigenvalue weighted by Crippen LogP contribution is -2.18. The molecule has 3 nitrogen and oxygen atoms in total. The van der Waals surface area contributed by atoms with Gasteiger partial charge in [0.05, 0.1) is 23.3 Å². The SMILES string of the molecule is CC(C)OC(=S)Nc1ccc(C#N)c(C(F)(F)F)c1. The highest BCUT2D eigenvalue weighted by Gasteiger charge is 2.33. The molecule has 0 unspecified atom stereocenters. The molecule has 19 heavy (non-hydrogen) atoms. The minimum absolute atomic E-state index is 0.0205. The second-order valence-electron chi connectivity index (χ2n) is 3.95. The number of thiocarbonyl (C=S) groups is 1. The van der Waals surface area contributed by atoms with Gasteiger partial charge in [-0.1, -0.05) is 0 Å². The van der Waals surface area contributed by atoms with E-state index in [1.807, 2.05) is 0 Å². The van der Waals surface area contributed by atoms with Crippen LogP contribution in [0.5, 0.6) is 0 Å². The molecule has 0 saturated heterocycles. The highest BCUT2D eigenvalue weighted by molar-refractivity contribution is 7.80. The van der Waals surface area contributed by atoms with Crippen LogP contribution in [0.1, 0.15) is 25.0 Å². The van der Waals surface area contributed by atoms with E-state index in [2.05, 4.69) is 5.32 Å². The van der Waals surface area contributed by atoms with Crippen LogP contribution in [0.25, 0.3) is 0 Å². The maximum atomic E-state index is 12.7. The van der Waals surface area contributed by atoms with Gasteiger partial charge in [-0.15, -0.1) is 0 Å². The average molecular weight is 288 g/mol. The third-order valence-electron chi connectivity index (χ3n) is 2.03. The van der Waals surface area contributed by atoms with Gasteiger partial charge in [-0.2, -0.15) is 18.4 Å². The van der Waals surface area contributed by atoms with Gasteiger partial charge in [-0.25, -0.2) is 0 Å². The summed E-state index contributed by atoms with van der Waals surface area (Å²) in [5.74, 6) is 0. The fraction of sp³-hybridized carbons (Fsp3) is 0.333. The summed E-state index contributed by atoms with van der Waals surface area (Å²) in [7, 11) is 0. The van der Waals surface area contributed by atoms with E-state index in [4.69, 9.17) is 22.2 Å². The molecular weight excluding hydrogens is 277 g/mol. The molecule has 0 aliphatic heterocycles. The first-order valence-electron chi connectivity index (χ1n) is 5.33. The van der Waals surface area contributed by atoms with Crippen LogP contribution in [-0.4, -0.2) is 11.3 Å². The molecule has 0 radical (unpaired) electrons. The van der Waals surface area contributed by atoms with Crippen LogP contribution in [0, 0.1) is 11.3 Å². The molecule has 1 aromatic rings. The number of halogens is 3. The first kappa shape index (κ1) is 15.2. The zero-order valence-corrected chi connectivity index (χ0v) is 11.0. The van der Waals surface area contributed by atoms with E-state index in [0.29, 0.717) is 0 Å². The number of nitrogens with one attached hydrogen (secondary N) is 1. The molecule has 1 aromatic carbocycles. The summed E-state index contributed by atoms with van der Waals surface area (Å²) < 4.78 is 43.3. The van der Waals surface area contributed by atoms with E-state index < -0.39 is 17.3 Å². The zero-order valence-electron chi connectivity index (χ0n) is 10.2. The highest BCUT2D eigenvalue weighted by atomic mass is 32.1. The van der Waals surface area contributed by atoms with Crippen LogP contribution in [0.2, 0.25) is 0 Å². The number of benzene rings is 1. The molecular formula is C12H11F3N2OS. The second-order valence-corrected chi connectivity index (χ2v) is 4.32. The van der Waals surface area contributed by atoms with Crippen molar-refractivity contribution >= 4 is 23.1 Å². The largest absolute Gasteiger partial charge is 0.468 e. The lowest BCUT2D eigenvalue weighted by molar-refractivity contribution is -0.137. The van der Waals surface area contributed by atoms with Crippen LogP contribution in [0.4, 0.5) is 18.9 Å². The summed E-state index contributed by atoms with van der Waals surface area (Å²) in [5, 5.41) is 11.2. The quantitative estimate of drug-likeness (QED) is 0.843. The molecule has 1 rings (SSSR count). The summed E-state index contributed by atoms with van der Waals surface area (Å²) in [6, 6.07) is 4.75. The maximum absolute atomic E-state index is 12.7. The van der Waals surface area contributed by atoms with Crippen molar-refractivity contribution in [3.8, 4) is 6.07 Å². The molecule has 0 fully saturated rings. The molecule has 0 bridgehead atoms. The van der Waals surface area contributed by atoms with Gasteiger partial charge in [0.2, 0.25) is 0 Å². The van der Waals surface area contributed by atoms with Gasteiger partial charge in [0.25, 0.3) is 5.17 Å². The Labute approximate surface area is 114 Å². The molecule has 1 N–H and O–H groups in total. The summed E-state index contributed by atoms with van der Waals surface area (Å²) >= 11 is 4.83. The Morgan fingerprint density at radius 1 is 1.42 bits per heavy atom. The van der Waals surface area contributed by atoms with Crippen molar-refractivity contribution in [3.05, 3.63) is 29.3 Å². The Morgan fingerprint density at radius 3 is 2.53 bits per heavy atom. The Balaban J connectivity index is 3.00. The summed E-state index contributed by atoms with van der Waals surface area (Å²) in [4.78, 5) is 0. The zero-order chi connectivity index (χ0) is 14.6. The fourth-order valence-corrected chi connectivity index (χ4v) is 1.63. The van der Waals surface area contributed by atoms with Crippen LogP contribution in [0.3, 0.4) is 0 Å². The summed E-state index contributed by atoms with van der Waals surface area (Å²) in [6.07, 6.45) is -4.77. The van der Waals surface area contributed by atoms with Gasteiger partial charge >= 0.3 is 6.18 Å². The van der Waals surface area contributed by atoms with Crippen LogP contribution in [-0.2, 0) is 10.9 Å². The van der Waals surface area contributed by atoms with Gasteiger partial charge in [0.1, 0.15) is 0 Å². The number of anilines is 1. The summed E-state index contributed by atoms with van der Waals surface area (Å²) in [5.41, 5.74) is -1.32. The molecule has 0 saturated carbocycles. The number of rotatable bonds is 2. The van der Waals surface area contributed by atoms with Crippen molar-refractivity contribution in [2.24, 2.45) is 0 Å². The van der Waals surface area contributed by atoms with Crippen molar-refractivity contribution in [3.63, 3.8) is 0 Å². The molecule has 0 amide bonds. The molecule has 0 aliphatic carbocycles. The van der Waals surface area contributed by atoms with Crippen LogP contribution < -0.4 is 5.32 Å². The lowest BCUT2D eigenvalue weighted by atomic mass is 10.1. The number of ether oxygens (including phenoxy) is 1. The Morgan fingerprint density at radius 2 is 2.05 bits per heavy atom. The van der Waals surface area contributed by atoms with Crippen molar-refractivity contribution in [1.29, 1.82) is 5.26 Å². The summed E-state index contributed by atoms with van der Waals surface area (Å²) in [6.45, 7) is 3.49. The molecule has 7 heteroatoms. The van der Waals surface area contributed by atoms with E-state index in [0.717, 1.165) is 12.1 Å². The molecule has 0 aliphatic rings. The lowest BCUT2D eigenvalue weighted by Gasteiger charge is -2.14. The second kappa shape index (κ2) is 5.89. The first-order valence-corrected chi connectivity index (χ1v) is 5.74. The standard InChI is InChI=1S/C12H11F3N2OS/c1-7(2)18-11(19)17-9-4-3-8(6-16)10(5-9)12(13,14)15/h3-5,7H,1-2H3,(H,17,19). The van der Waals surface area contributed by atoms with E-state index in [1.54, 1.807) is 13.8 Å². The Bertz CT molecular complexity index is 521. The van der Waals surface area contributed by atoms with Gasteiger partial charge in [0, 0.05) is 5.69 Å². The minimum Gasteiger partial charge on any atom is -0.468 e. The molecule has 0 aromatic heterocycles.